The van der Waals surface area contributed by atoms with Crippen LogP contribution in [0.5, 0.6) is 0 Å². The van der Waals surface area contributed by atoms with E-state index in [2.05, 4.69) is 0 Å². The van der Waals surface area contributed by atoms with E-state index in [1.165, 1.54) is 6.42 Å². The van der Waals surface area contributed by atoms with Crippen LogP contribution >= 0.6 is 0 Å². The van der Waals surface area contributed by atoms with E-state index in [4.69, 9.17) is 18.9 Å². The number of aliphatic hydroxyl groups is 1. The number of fused-ring (bicyclic) bond motifs is 1. The molecule has 7 saturated carbocycles. The molecular formula is C41H62O9. The number of carbonyl (C=O) groups is 4. The Balaban J connectivity index is 1.13. The molecule has 9 unspecified atom stereocenters. The van der Waals surface area contributed by atoms with Gasteiger partial charge in [-0.3, -0.25) is 19.2 Å². The third-order valence-corrected chi connectivity index (χ3v) is 14.8. The van der Waals surface area contributed by atoms with Crippen molar-refractivity contribution >= 4 is 23.9 Å². The van der Waals surface area contributed by atoms with Crippen molar-refractivity contribution in [2.24, 2.45) is 51.8 Å². The summed E-state index contributed by atoms with van der Waals surface area (Å²) in [6.07, 6.45) is 11.4. The lowest BCUT2D eigenvalue weighted by Crippen LogP contribution is -2.61. The van der Waals surface area contributed by atoms with Crippen molar-refractivity contribution in [3.63, 3.8) is 0 Å². The monoisotopic (exact) mass is 698 g/mol. The van der Waals surface area contributed by atoms with Gasteiger partial charge >= 0.3 is 23.9 Å². The first kappa shape index (κ1) is 36.2. The Kier molecular flexibility index (Phi) is 8.83. The topological polar surface area (TPSA) is 125 Å². The second-order valence-electron chi connectivity index (χ2n) is 20.1. The number of rotatable bonds is 12. The molecule has 0 aromatic carbocycles. The summed E-state index contributed by atoms with van der Waals surface area (Å²) in [6.45, 7) is 13.3. The van der Waals surface area contributed by atoms with Crippen molar-refractivity contribution in [1.29, 1.82) is 0 Å². The number of hydrogen-bond acceptors (Lipinski definition) is 9. The first-order chi connectivity index (χ1) is 23.3. The van der Waals surface area contributed by atoms with Crippen LogP contribution in [0.4, 0.5) is 0 Å². The van der Waals surface area contributed by atoms with Crippen LogP contribution in [0.3, 0.4) is 0 Å². The zero-order valence-corrected chi connectivity index (χ0v) is 31.6. The Bertz CT molecular complexity index is 1380. The van der Waals surface area contributed by atoms with Gasteiger partial charge in [-0.05, 0) is 136 Å². The Morgan fingerprint density at radius 1 is 0.840 bits per heavy atom. The van der Waals surface area contributed by atoms with Gasteiger partial charge in [0.25, 0.3) is 0 Å². The highest BCUT2D eigenvalue weighted by molar-refractivity contribution is 5.83. The lowest BCUT2D eigenvalue weighted by Gasteiger charge is -2.59. The molecule has 1 N–H and O–H groups in total. The minimum absolute atomic E-state index is 0.0633. The Morgan fingerprint density at radius 3 is 2.12 bits per heavy atom. The number of carbonyl (C=O) groups excluding carboxylic acids is 4. The molecule has 280 valence electrons. The van der Waals surface area contributed by atoms with E-state index in [-0.39, 0.29) is 54.4 Å². The van der Waals surface area contributed by atoms with Gasteiger partial charge in [0.1, 0.15) is 23.4 Å². The van der Waals surface area contributed by atoms with E-state index < -0.39 is 51.2 Å². The summed E-state index contributed by atoms with van der Waals surface area (Å²) in [5, 5.41) is 11.3. The molecule has 1 saturated heterocycles. The summed E-state index contributed by atoms with van der Waals surface area (Å²) in [5.74, 6) is -0.335. The second-order valence-corrected chi connectivity index (χ2v) is 20.1. The van der Waals surface area contributed by atoms with Crippen LogP contribution in [0.1, 0.15) is 151 Å². The number of hydrogen-bond donors (Lipinski definition) is 1. The van der Waals surface area contributed by atoms with E-state index >= 15 is 0 Å². The molecule has 0 radical (unpaired) electrons. The van der Waals surface area contributed by atoms with Gasteiger partial charge in [-0.25, -0.2) is 0 Å². The van der Waals surface area contributed by atoms with Gasteiger partial charge in [-0.2, -0.15) is 0 Å². The molecule has 9 nitrogen and oxygen atoms in total. The highest BCUT2D eigenvalue weighted by Gasteiger charge is 2.65. The minimum atomic E-state index is -1.26. The van der Waals surface area contributed by atoms with Crippen LogP contribution in [0.15, 0.2) is 0 Å². The highest BCUT2D eigenvalue weighted by Crippen LogP contribution is 2.60. The normalized spacial score (nSPS) is 39.8. The molecule has 8 rings (SSSR count). The summed E-state index contributed by atoms with van der Waals surface area (Å²) >= 11 is 0. The van der Waals surface area contributed by atoms with Crippen molar-refractivity contribution < 1.29 is 43.2 Å². The Morgan fingerprint density at radius 2 is 1.50 bits per heavy atom. The molecule has 6 bridgehead atoms. The van der Waals surface area contributed by atoms with Gasteiger partial charge in [0, 0.05) is 18.3 Å². The molecule has 0 amide bonds. The summed E-state index contributed by atoms with van der Waals surface area (Å²) in [5.41, 5.74) is -5.47. The molecule has 8 aliphatic rings. The summed E-state index contributed by atoms with van der Waals surface area (Å²) in [7, 11) is 0. The zero-order chi connectivity index (χ0) is 36.1. The second kappa shape index (κ2) is 12.2. The van der Waals surface area contributed by atoms with E-state index in [1.807, 2.05) is 48.5 Å². The zero-order valence-electron chi connectivity index (χ0n) is 31.6. The quantitative estimate of drug-likeness (QED) is 0.166. The molecule has 7 aliphatic carbocycles. The van der Waals surface area contributed by atoms with Crippen LogP contribution in [0.2, 0.25) is 0 Å². The molecule has 0 spiro atoms. The van der Waals surface area contributed by atoms with Crippen LogP contribution in [0.25, 0.3) is 0 Å². The maximum absolute atomic E-state index is 14.7. The average Bonchev–Trinajstić information content (AvgIpc) is 3.65. The van der Waals surface area contributed by atoms with Crippen LogP contribution < -0.4 is 0 Å². The molecular weight excluding hydrogens is 636 g/mol. The van der Waals surface area contributed by atoms with E-state index in [9.17, 15) is 24.3 Å². The van der Waals surface area contributed by atoms with Crippen molar-refractivity contribution in [3.8, 4) is 0 Å². The maximum Gasteiger partial charge on any atom is 0.312 e. The number of esters is 4. The fraction of sp³-hybridized carbons (Fsp3) is 0.902. The van der Waals surface area contributed by atoms with Gasteiger partial charge in [0.15, 0.2) is 0 Å². The van der Waals surface area contributed by atoms with Crippen molar-refractivity contribution in [2.75, 3.05) is 0 Å². The highest BCUT2D eigenvalue weighted by atomic mass is 16.6. The third-order valence-electron chi connectivity index (χ3n) is 14.8. The van der Waals surface area contributed by atoms with Gasteiger partial charge < -0.3 is 24.1 Å². The molecule has 1 aliphatic heterocycles. The predicted octanol–water partition coefficient (Wildman–Crippen LogP) is 7.24. The van der Waals surface area contributed by atoms with E-state index in [0.29, 0.717) is 31.1 Å². The van der Waals surface area contributed by atoms with Crippen LogP contribution in [0, 0.1) is 51.8 Å². The standard InChI is InChI=1S/C41H62O9/c1-8-38(6,35(45)49-37(4,5)27-12-10-9-11-13-27)22-39(7,34(44)48-30-26-15-28-29(16-26)32(42)47-31(28)30)21-36(2,3)33(43)50-41-19-24-14-25(20-41)18-40(46,17-24)23-41/h24-31,46H,8-23H2,1-7H3. The molecule has 50 heavy (non-hydrogen) atoms. The lowest BCUT2D eigenvalue weighted by atomic mass is 9.52. The van der Waals surface area contributed by atoms with E-state index in [0.717, 1.165) is 64.2 Å². The largest absolute Gasteiger partial charge is 0.459 e. The molecule has 9 heteroatoms. The Hall–Kier alpha value is -2.16. The van der Waals surface area contributed by atoms with Gasteiger partial charge in [0.2, 0.25) is 0 Å². The predicted molar refractivity (Wildman–Crippen MR) is 184 cm³/mol. The third kappa shape index (κ3) is 6.31. The first-order valence-electron chi connectivity index (χ1n) is 19.9. The van der Waals surface area contributed by atoms with Crippen LogP contribution in [-0.2, 0) is 38.1 Å². The van der Waals surface area contributed by atoms with Crippen molar-refractivity contribution in [1.82, 2.24) is 0 Å². The van der Waals surface area contributed by atoms with Gasteiger partial charge in [-0.1, -0.05) is 26.2 Å². The van der Waals surface area contributed by atoms with Gasteiger partial charge in [0.05, 0.1) is 27.8 Å². The summed E-state index contributed by atoms with van der Waals surface area (Å²) in [6, 6.07) is 0. The maximum atomic E-state index is 14.7. The van der Waals surface area contributed by atoms with Crippen molar-refractivity contribution in [2.45, 2.75) is 180 Å². The van der Waals surface area contributed by atoms with Gasteiger partial charge in [-0.15, -0.1) is 0 Å². The minimum Gasteiger partial charge on any atom is -0.459 e. The lowest BCUT2D eigenvalue weighted by molar-refractivity contribution is -0.226. The summed E-state index contributed by atoms with van der Waals surface area (Å²) < 4.78 is 24.9. The Labute approximate surface area is 298 Å². The molecule has 0 aromatic rings. The number of ether oxygens (including phenoxy) is 4. The molecule has 8 fully saturated rings. The molecule has 1 heterocycles. The van der Waals surface area contributed by atoms with Crippen molar-refractivity contribution in [3.05, 3.63) is 0 Å². The fourth-order valence-corrected chi connectivity index (χ4v) is 12.6. The molecule has 0 aromatic heterocycles. The van der Waals surface area contributed by atoms with Crippen LogP contribution in [-0.4, -0.2) is 58.0 Å². The summed E-state index contributed by atoms with van der Waals surface area (Å²) in [4.78, 5) is 55.7. The first-order valence-corrected chi connectivity index (χ1v) is 19.9. The smallest absolute Gasteiger partial charge is 0.312 e. The SMILES string of the molecule is CCC(C)(CC(C)(CC(C)(C)C(=O)OC12CC3CC(CC(O)(C3)C1)C2)C(=O)OC1C2CC3C(=O)OC1C3C2)C(=O)OC(C)(C)C1CCCCC1. The average molecular weight is 699 g/mol. The van der Waals surface area contributed by atoms with E-state index in [1.54, 1.807) is 0 Å². The fourth-order valence-electron chi connectivity index (χ4n) is 12.6. The molecule has 9 atom stereocenters.